The van der Waals surface area contributed by atoms with Gasteiger partial charge in [0, 0.05) is 6.20 Å². The molecule has 0 aliphatic heterocycles. The Balaban J connectivity index is 2.18. The first kappa shape index (κ1) is 9.58. The van der Waals surface area contributed by atoms with Crippen LogP contribution < -0.4 is 0 Å². The Morgan fingerprint density at radius 3 is 3.00 bits per heavy atom. The number of carbonyl (C=O) groups is 1. The zero-order valence-electron chi connectivity index (χ0n) is 7.93. The van der Waals surface area contributed by atoms with Crippen molar-refractivity contribution in [2.45, 2.75) is 6.54 Å². The van der Waals surface area contributed by atoms with Crippen molar-refractivity contribution >= 4 is 6.29 Å². The fourth-order valence-corrected chi connectivity index (χ4v) is 1.35. The summed E-state index contributed by atoms with van der Waals surface area (Å²) < 4.78 is 14.5. The molecule has 0 N–H and O–H groups in total. The lowest BCUT2D eigenvalue weighted by atomic mass is 10.2. The van der Waals surface area contributed by atoms with Gasteiger partial charge in [-0.15, -0.1) is 0 Å². The molecule has 1 aromatic carbocycles. The minimum atomic E-state index is -0.268. The molecule has 3 nitrogen and oxygen atoms in total. The van der Waals surface area contributed by atoms with Crippen LogP contribution in [0.3, 0.4) is 0 Å². The quantitative estimate of drug-likeness (QED) is 0.715. The average molecular weight is 204 g/mol. The van der Waals surface area contributed by atoms with Gasteiger partial charge in [0.2, 0.25) is 0 Å². The predicted molar refractivity (Wildman–Crippen MR) is 53.1 cm³/mol. The van der Waals surface area contributed by atoms with E-state index in [-0.39, 0.29) is 5.82 Å². The number of nitrogens with zero attached hydrogens (tertiary/aromatic N) is 2. The van der Waals surface area contributed by atoms with Crippen molar-refractivity contribution < 1.29 is 9.18 Å². The van der Waals surface area contributed by atoms with Crippen LogP contribution in [-0.4, -0.2) is 16.1 Å². The summed E-state index contributed by atoms with van der Waals surface area (Å²) in [5.41, 5.74) is 1.34. The molecule has 4 heteroatoms. The predicted octanol–water partition coefficient (Wildman–Crippen LogP) is 1.88. The zero-order valence-corrected chi connectivity index (χ0v) is 7.93. The van der Waals surface area contributed by atoms with Gasteiger partial charge in [0.05, 0.1) is 18.3 Å². The summed E-state index contributed by atoms with van der Waals surface area (Å²) in [4.78, 5) is 10.4. The summed E-state index contributed by atoms with van der Waals surface area (Å²) in [5.74, 6) is -0.268. The van der Waals surface area contributed by atoms with E-state index < -0.39 is 0 Å². The normalized spacial score (nSPS) is 10.2. The highest BCUT2D eigenvalue weighted by atomic mass is 19.1. The van der Waals surface area contributed by atoms with Gasteiger partial charge in [0.1, 0.15) is 5.82 Å². The lowest BCUT2D eigenvalue weighted by Gasteiger charge is -2.01. The smallest absolute Gasteiger partial charge is 0.153 e. The molecular formula is C11H9FN2O. The molecular weight excluding hydrogens is 195 g/mol. The van der Waals surface area contributed by atoms with Gasteiger partial charge >= 0.3 is 0 Å². The van der Waals surface area contributed by atoms with Gasteiger partial charge in [-0.3, -0.25) is 9.48 Å². The Hall–Kier alpha value is -1.97. The zero-order chi connectivity index (χ0) is 10.7. The summed E-state index contributed by atoms with van der Waals surface area (Å²) >= 11 is 0. The number of aromatic nitrogens is 2. The van der Waals surface area contributed by atoms with Crippen LogP contribution >= 0.6 is 0 Å². The lowest BCUT2D eigenvalue weighted by molar-refractivity contribution is 0.112. The third-order valence-corrected chi connectivity index (χ3v) is 2.02. The fourth-order valence-electron chi connectivity index (χ4n) is 1.35. The molecule has 15 heavy (non-hydrogen) atoms. The first-order valence-electron chi connectivity index (χ1n) is 4.50. The van der Waals surface area contributed by atoms with Gasteiger partial charge in [0.15, 0.2) is 6.29 Å². The molecule has 2 aromatic rings. The van der Waals surface area contributed by atoms with Gasteiger partial charge in [-0.2, -0.15) is 5.10 Å². The van der Waals surface area contributed by atoms with Crippen LogP contribution in [0.15, 0.2) is 36.7 Å². The second kappa shape index (κ2) is 4.04. The molecule has 0 fully saturated rings. The number of carbonyl (C=O) groups excluding carboxylic acids is 1. The van der Waals surface area contributed by atoms with E-state index in [1.807, 2.05) is 6.07 Å². The lowest BCUT2D eigenvalue weighted by Crippen LogP contribution is -1.99. The summed E-state index contributed by atoms with van der Waals surface area (Å²) in [6, 6.07) is 6.30. The molecule has 0 amide bonds. The van der Waals surface area contributed by atoms with Crippen LogP contribution in [0.2, 0.25) is 0 Å². The van der Waals surface area contributed by atoms with E-state index in [1.165, 1.54) is 18.3 Å². The van der Waals surface area contributed by atoms with E-state index in [1.54, 1.807) is 16.9 Å². The summed E-state index contributed by atoms with van der Waals surface area (Å²) in [7, 11) is 0. The highest BCUT2D eigenvalue weighted by Crippen LogP contribution is 2.05. The van der Waals surface area contributed by atoms with Crippen molar-refractivity contribution in [3.63, 3.8) is 0 Å². The number of hydrogen-bond acceptors (Lipinski definition) is 2. The van der Waals surface area contributed by atoms with Gasteiger partial charge in [0.25, 0.3) is 0 Å². The Morgan fingerprint density at radius 1 is 1.47 bits per heavy atom. The third-order valence-electron chi connectivity index (χ3n) is 2.02. The second-order valence-electron chi connectivity index (χ2n) is 3.22. The molecule has 0 unspecified atom stereocenters. The molecule has 0 saturated carbocycles. The molecule has 0 bridgehead atoms. The van der Waals surface area contributed by atoms with Gasteiger partial charge < -0.3 is 0 Å². The molecule has 0 atom stereocenters. The van der Waals surface area contributed by atoms with Crippen LogP contribution in [0.25, 0.3) is 0 Å². The first-order chi connectivity index (χ1) is 7.28. The fraction of sp³-hybridized carbons (Fsp3) is 0.0909. The van der Waals surface area contributed by atoms with E-state index in [0.717, 1.165) is 11.8 Å². The first-order valence-corrected chi connectivity index (χ1v) is 4.50. The van der Waals surface area contributed by atoms with Crippen LogP contribution in [-0.2, 0) is 6.54 Å². The average Bonchev–Trinajstić information content (AvgIpc) is 2.65. The Labute approximate surface area is 86.2 Å². The van der Waals surface area contributed by atoms with E-state index in [9.17, 15) is 9.18 Å². The number of hydrogen-bond donors (Lipinski definition) is 0. The second-order valence-corrected chi connectivity index (χ2v) is 3.22. The van der Waals surface area contributed by atoms with Crippen LogP contribution in [0, 0.1) is 5.82 Å². The van der Waals surface area contributed by atoms with E-state index in [4.69, 9.17) is 0 Å². The minimum Gasteiger partial charge on any atom is -0.298 e. The van der Waals surface area contributed by atoms with Crippen molar-refractivity contribution in [1.82, 2.24) is 9.78 Å². The Kier molecular flexibility index (Phi) is 2.58. The Bertz CT molecular complexity index is 479. The maximum absolute atomic E-state index is 12.9. The number of rotatable bonds is 3. The number of benzene rings is 1. The van der Waals surface area contributed by atoms with E-state index in [2.05, 4.69) is 5.10 Å². The van der Waals surface area contributed by atoms with Gasteiger partial charge in [-0.25, -0.2) is 4.39 Å². The number of halogens is 1. The molecule has 1 aromatic heterocycles. The standard InChI is InChI=1S/C11H9FN2O/c12-11-3-1-2-9(4-11)6-14-7-10(8-15)5-13-14/h1-5,7-8H,6H2. The largest absolute Gasteiger partial charge is 0.298 e. The molecule has 0 radical (unpaired) electrons. The molecule has 0 saturated heterocycles. The SMILES string of the molecule is O=Cc1cnn(Cc2cccc(F)c2)c1. The maximum Gasteiger partial charge on any atom is 0.153 e. The molecule has 0 aliphatic rings. The molecule has 0 aliphatic carbocycles. The van der Waals surface area contributed by atoms with Gasteiger partial charge in [-0.1, -0.05) is 12.1 Å². The summed E-state index contributed by atoms with van der Waals surface area (Å²) in [6.45, 7) is 0.464. The van der Waals surface area contributed by atoms with Crippen molar-refractivity contribution in [2.75, 3.05) is 0 Å². The topological polar surface area (TPSA) is 34.9 Å². The van der Waals surface area contributed by atoms with Crippen LogP contribution in [0.1, 0.15) is 15.9 Å². The minimum absolute atomic E-state index is 0.268. The maximum atomic E-state index is 12.9. The summed E-state index contributed by atoms with van der Waals surface area (Å²) in [5, 5.41) is 3.97. The van der Waals surface area contributed by atoms with Crippen LogP contribution in [0.5, 0.6) is 0 Å². The van der Waals surface area contributed by atoms with Gasteiger partial charge in [-0.05, 0) is 17.7 Å². The molecule has 1 heterocycles. The molecule has 76 valence electrons. The highest BCUT2D eigenvalue weighted by molar-refractivity contribution is 5.73. The van der Waals surface area contributed by atoms with E-state index in [0.29, 0.717) is 12.1 Å². The highest BCUT2D eigenvalue weighted by Gasteiger charge is 1.99. The monoisotopic (exact) mass is 204 g/mol. The molecule has 0 spiro atoms. The van der Waals surface area contributed by atoms with Crippen molar-refractivity contribution in [2.24, 2.45) is 0 Å². The van der Waals surface area contributed by atoms with Crippen molar-refractivity contribution in [3.8, 4) is 0 Å². The third kappa shape index (κ3) is 2.28. The van der Waals surface area contributed by atoms with Crippen molar-refractivity contribution in [3.05, 3.63) is 53.6 Å². The van der Waals surface area contributed by atoms with Crippen LogP contribution in [0.4, 0.5) is 4.39 Å². The summed E-state index contributed by atoms with van der Waals surface area (Å²) in [6.07, 6.45) is 3.83. The van der Waals surface area contributed by atoms with E-state index >= 15 is 0 Å². The van der Waals surface area contributed by atoms with Crippen molar-refractivity contribution in [1.29, 1.82) is 0 Å². The Morgan fingerprint density at radius 2 is 2.33 bits per heavy atom. The number of aldehydes is 1. The molecule has 2 rings (SSSR count).